The minimum absolute atomic E-state index is 0.907. The Kier molecular flexibility index (Phi) is 9.53. The third kappa shape index (κ3) is 5.36. The van der Waals surface area contributed by atoms with Crippen molar-refractivity contribution in [3.8, 4) is 0 Å². The monoisotopic (exact) mass is 516 g/mol. The fourth-order valence-corrected chi connectivity index (χ4v) is 4.16. The van der Waals surface area contributed by atoms with Crippen molar-refractivity contribution < 1.29 is 32.2 Å². The first kappa shape index (κ1) is 26.6. The van der Waals surface area contributed by atoms with Crippen molar-refractivity contribution in [2.24, 2.45) is 0 Å². The SMILES string of the molecule is OCC(Cl)CC(Cl)(Cl)C(F)(F)C(F)(Cl)C(F)(F)C(Cl)(Cl)CC(Cl)CO. The van der Waals surface area contributed by atoms with Crippen LogP contribution in [0, 0.1) is 0 Å². The summed E-state index contributed by atoms with van der Waals surface area (Å²) < 4.78 is 64.7. The molecule has 0 aromatic rings. The van der Waals surface area contributed by atoms with Crippen LogP contribution < -0.4 is 0 Å². The molecule has 0 saturated carbocycles. The number of halogens is 12. The fraction of sp³-hybridized carbons (Fsp3) is 1.00. The Bertz CT molecular complexity index is 413. The van der Waals surface area contributed by atoms with E-state index in [1.807, 2.05) is 0 Å². The largest absolute Gasteiger partial charge is 0.395 e. The van der Waals surface area contributed by atoms with Gasteiger partial charge in [-0.1, -0.05) is 58.0 Å². The maximum absolute atomic E-state index is 14.5. The lowest BCUT2D eigenvalue weighted by atomic mass is 9.95. The highest BCUT2D eigenvalue weighted by molar-refractivity contribution is 6.51. The molecular weight excluding hydrogens is 507 g/mol. The van der Waals surface area contributed by atoms with Gasteiger partial charge in [-0.2, -0.15) is 17.6 Å². The van der Waals surface area contributed by atoms with Crippen LogP contribution in [0.2, 0.25) is 0 Å². The smallest absolute Gasteiger partial charge is 0.333 e. The second kappa shape index (κ2) is 8.95. The van der Waals surface area contributed by atoms with Gasteiger partial charge in [0.15, 0.2) is 8.67 Å². The maximum atomic E-state index is 14.5. The summed E-state index contributed by atoms with van der Waals surface area (Å²) >= 11 is 36.8. The second-order valence-electron chi connectivity index (χ2n) is 5.10. The number of aliphatic hydroxyl groups excluding tert-OH is 2. The van der Waals surface area contributed by atoms with Crippen molar-refractivity contribution in [1.82, 2.24) is 0 Å². The third-order valence-corrected chi connectivity index (χ3v) is 5.69. The molecule has 25 heavy (non-hydrogen) atoms. The third-order valence-electron chi connectivity index (χ3n) is 3.06. The van der Waals surface area contributed by atoms with Crippen LogP contribution in [0.5, 0.6) is 0 Å². The van der Waals surface area contributed by atoms with Gasteiger partial charge in [-0.25, -0.2) is 4.39 Å². The van der Waals surface area contributed by atoms with Crippen LogP contribution in [0.15, 0.2) is 0 Å². The average molecular weight is 519 g/mol. The predicted octanol–water partition coefficient (Wildman–Crippen LogP) is 5.49. The summed E-state index contributed by atoms with van der Waals surface area (Å²) in [5.74, 6) is -10.7. The molecule has 152 valence electrons. The molecule has 14 heteroatoms. The van der Waals surface area contributed by atoms with Crippen molar-refractivity contribution in [2.45, 2.75) is 49.2 Å². The van der Waals surface area contributed by atoms with E-state index in [1.54, 1.807) is 0 Å². The fourth-order valence-electron chi connectivity index (χ4n) is 1.60. The van der Waals surface area contributed by atoms with Crippen LogP contribution in [0.3, 0.4) is 0 Å². The number of hydrogen-bond acceptors (Lipinski definition) is 2. The van der Waals surface area contributed by atoms with E-state index in [9.17, 15) is 22.0 Å². The van der Waals surface area contributed by atoms with Gasteiger partial charge in [-0.15, -0.1) is 23.2 Å². The molecule has 2 N–H and O–H groups in total. The van der Waals surface area contributed by atoms with Crippen LogP contribution in [-0.2, 0) is 0 Å². The van der Waals surface area contributed by atoms with E-state index in [2.05, 4.69) is 0 Å². The van der Waals surface area contributed by atoms with Crippen LogP contribution in [0.25, 0.3) is 0 Å². The first-order valence-electron chi connectivity index (χ1n) is 6.30. The molecule has 0 aromatic heterocycles. The molecule has 0 aliphatic carbocycles. The van der Waals surface area contributed by atoms with Gasteiger partial charge in [0.05, 0.1) is 24.0 Å². The number of hydrogen-bond donors (Lipinski definition) is 2. The molecule has 0 aliphatic heterocycles. The molecule has 0 bridgehead atoms. The van der Waals surface area contributed by atoms with Gasteiger partial charge in [0.2, 0.25) is 0 Å². The quantitative estimate of drug-likeness (QED) is 0.296. The Morgan fingerprint density at radius 3 is 1.08 bits per heavy atom. The molecule has 0 spiro atoms. The summed E-state index contributed by atoms with van der Waals surface area (Å²) in [6, 6.07) is 0. The zero-order valence-corrected chi connectivity index (χ0v) is 17.2. The lowest BCUT2D eigenvalue weighted by Crippen LogP contribution is -2.66. The van der Waals surface area contributed by atoms with E-state index in [0.29, 0.717) is 0 Å². The summed E-state index contributed by atoms with van der Waals surface area (Å²) in [7, 11) is 0. The maximum Gasteiger partial charge on any atom is 0.333 e. The number of aliphatic hydroxyl groups is 2. The van der Waals surface area contributed by atoms with Gasteiger partial charge < -0.3 is 10.2 Å². The van der Waals surface area contributed by atoms with Crippen molar-refractivity contribution in [3.05, 3.63) is 0 Å². The molecule has 0 aliphatic rings. The highest BCUT2D eigenvalue weighted by Gasteiger charge is 2.80. The van der Waals surface area contributed by atoms with Crippen LogP contribution in [0.1, 0.15) is 12.8 Å². The Labute approximate surface area is 175 Å². The Morgan fingerprint density at radius 2 is 0.880 bits per heavy atom. The first-order chi connectivity index (χ1) is 10.9. The Morgan fingerprint density at radius 1 is 0.640 bits per heavy atom. The summed E-state index contributed by atoms with van der Waals surface area (Å²) in [4.78, 5) is 0. The van der Waals surface area contributed by atoms with Crippen molar-refractivity contribution >= 4 is 81.2 Å². The minimum atomic E-state index is -5.34. The van der Waals surface area contributed by atoms with E-state index < -0.39 is 62.4 Å². The summed E-state index contributed by atoms with van der Waals surface area (Å²) in [6.45, 7) is -1.81. The lowest BCUT2D eigenvalue weighted by molar-refractivity contribution is -0.217. The van der Waals surface area contributed by atoms with Gasteiger partial charge in [0.1, 0.15) is 0 Å². The van der Waals surface area contributed by atoms with Crippen LogP contribution in [0.4, 0.5) is 22.0 Å². The molecule has 0 rings (SSSR count). The van der Waals surface area contributed by atoms with E-state index in [4.69, 9.17) is 91.4 Å². The molecule has 0 radical (unpaired) electrons. The summed E-state index contributed by atoms with van der Waals surface area (Å²) in [5.41, 5.74) is 0. The molecule has 2 atom stereocenters. The van der Waals surface area contributed by atoms with Gasteiger partial charge in [0.25, 0.3) is 0 Å². The zero-order valence-electron chi connectivity index (χ0n) is 11.9. The zero-order chi connectivity index (χ0) is 20.5. The molecular formula is C11H12Cl7F5O2. The van der Waals surface area contributed by atoms with Gasteiger partial charge in [-0.3, -0.25) is 0 Å². The second-order valence-corrected chi connectivity index (χ2v) is 9.82. The number of alkyl halides is 12. The predicted molar refractivity (Wildman–Crippen MR) is 91.1 cm³/mol. The average Bonchev–Trinajstić information content (AvgIpc) is 2.45. The summed E-state index contributed by atoms with van der Waals surface area (Å²) in [5, 5.41) is 9.17. The Hall–Kier alpha value is 1.60. The topological polar surface area (TPSA) is 40.5 Å². The lowest BCUT2D eigenvalue weighted by Gasteiger charge is -2.44. The van der Waals surface area contributed by atoms with Crippen LogP contribution >= 0.6 is 81.2 Å². The van der Waals surface area contributed by atoms with Crippen molar-refractivity contribution in [3.63, 3.8) is 0 Å². The molecule has 0 fully saturated rings. The van der Waals surface area contributed by atoms with Crippen LogP contribution in [-0.4, -0.2) is 59.8 Å². The van der Waals surface area contributed by atoms with Gasteiger partial charge in [-0.05, 0) is 0 Å². The first-order valence-corrected chi connectivity index (χ1v) is 9.06. The normalized spacial score (nSPS) is 19.4. The Balaban J connectivity index is 5.90. The van der Waals surface area contributed by atoms with Gasteiger partial charge >= 0.3 is 17.0 Å². The molecule has 2 unspecified atom stereocenters. The minimum Gasteiger partial charge on any atom is -0.395 e. The van der Waals surface area contributed by atoms with E-state index in [1.165, 1.54) is 0 Å². The number of rotatable bonds is 10. The van der Waals surface area contributed by atoms with Crippen molar-refractivity contribution in [2.75, 3.05) is 13.2 Å². The molecule has 0 amide bonds. The molecule has 2 nitrogen and oxygen atoms in total. The van der Waals surface area contributed by atoms with Gasteiger partial charge in [0, 0.05) is 12.8 Å². The molecule has 0 heterocycles. The summed E-state index contributed by atoms with van der Waals surface area (Å²) in [6.07, 6.45) is -2.41. The van der Waals surface area contributed by atoms with E-state index >= 15 is 0 Å². The van der Waals surface area contributed by atoms with E-state index in [-0.39, 0.29) is 0 Å². The van der Waals surface area contributed by atoms with E-state index in [0.717, 1.165) is 0 Å². The molecule has 0 saturated heterocycles. The standard InChI is InChI=1S/C11H12Cl7F5O2/c12-5(3-24)1-7(14,15)10(20,21)9(18,19)11(22,23)8(16,17)2-6(13)4-25/h5-6,24-25H,1-4H2. The highest BCUT2D eigenvalue weighted by atomic mass is 35.5. The highest BCUT2D eigenvalue weighted by Crippen LogP contribution is 2.62. The van der Waals surface area contributed by atoms with Crippen molar-refractivity contribution in [1.29, 1.82) is 0 Å². The molecule has 0 aromatic carbocycles.